The highest BCUT2D eigenvalue weighted by Crippen LogP contribution is 2.21. The van der Waals surface area contributed by atoms with E-state index in [1.807, 2.05) is 17.0 Å². The van der Waals surface area contributed by atoms with Crippen LogP contribution in [0.5, 0.6) is 0 Å². The molecule has 3 aromatic rings. The van der Waals surface area contributed by atoms with Crippen molar-refractivity contribution in [2.75, 3.05) is 13.1 Å². The van der Waals surface area contributed by atoms with Crippen molar-refractivity contribution in [2.24, 2.45) is 5.92 Å². The molecule has 1 fully saturated rings. The zero-order valence-electron chi connectivity index (χ0n) is 17.4. The molecule has 0 bridgehead atoms. The quantitative estimate of drug-likeness (QED) is 0.683. The Kier molecular flexibility index (Phi) is 5.26. The van der Waals surface area contributed by atoms with E-state index in [-0.39, 0.29) is 11.5 Å². The number of piperidine rings is 1. The van der Waals surface area contributed by atoms with Gasteiger partial charge < -0.3 is 9.47 Å². The van der Waals surface area contributed by atoms with Gasteiger partial charge in [0.05, 0.1) is 5.69 Å². The van der Waals surface area contributed by atoms with Gasteiger partial charge in [0.1, 0.15) is 5.52 Å². The van der Waals surface area contributed by atoms with Crippen LogP contribution in [0.2, 0.25) is 0 Å². The first-order chi connectivity index (χ1) is 13.9. The molecule has 1 amide bonds. The highest BCUT2D eigenvalue weighted by Gasteiger charge is 2.20. The number of rotatable bonds is 4. The van der Waals surface area contributed by atoms with Crippen LogP contribution < -0.4 is 5.56 Å². The minimum atomic E-state index is -0.116. The van der Waals surface area contributed by atoms with Gasteiger partial charge in [-0.3, -0.25) is 9.59 Å². The van der Waals surface area contributed by atoms with E-state index in [0.29, 0.717) is 24.4 Å². The molecule has 2 aromatic heterocycles. The molecule has 6 nitrogen and oxygen atoms in total. The lowest BCUT2D eigenvalue weighted by molar-refractivity contribution is -0.132. The van der Waals surface area contributed by atoms with Gasteiger partial charge in [0.25, 0.3) is 5.56 Å². The fourth-order valence-electron chi connectivity index (χ4n) is 3.88. The summed E-state index contributed by atoms with van der Waals surface area (Å²) >= 11 is 0. The van der Waals surface area contributed by atoms with Gasteiger partial charge in [-0.2, -0.15) is 5.10 Å². The van der Waals surface area contributed by atoms with Crippen molar-refractivity contribution in [2.45, 2.75) is 46.6 Å². The Morgan fingerprint density at radius 2 is 1.86 bits per heavy atom. The molecule has 1 saturated heterocycles. The molecule has 152 valence electrons. The molecule has 29 heavy (non-hydrogen) atoms. The average molecular weight is 393 g/mol. The molecule has 0 spiro atoms. The highest BCUT2D eigenvalue weighted by atomic mass is 16.2. The standard InChI is InChI=1S/C23H28N4O2/c1-16-6-9-25(10-7-16)22(28)8-11-26-12-13-27-21(23(26)29)15-20(24-27)19-5-4-17(2)18(3)14-19/h4-5,12-16H,6-11H2,1-3H3. The van der Waals surface area contributed by atoms with E-state index < -0.39 is 0 Å². The lowest BCUT2D eigenvalue weighted by Gasteiger charge is -2.30. The molecule has 0 N–H and O–H groups in total. The zero-order valence-corrected chi connectivity index (χ0v) is 17.4. The molecule has 0 unspecified atom stereocenters. The van der Waals surface area contributed by atoms with Crippen molar-refractivity contribution in [3.05, 3.63) is 58.1 Å². The molecule has 3 heterocycles. The average Bonchev–Trinajstić information content (AvgIpc) is 3.15. The summed E-state index contributed by atoms with van der Waals surface area (Å²) in [6, 6.07) is 8.02. The third-order valence-electron chi connectivity index (χ3n) is 6.11. The van der Waals surface area contributed by atoms with E-state index in [0.717, 1.165) is 37.2 Å². The molecular weight excluding hydrogens is 364 g/mol. The predicted molar refractivity (Wildman–Crippen MR) is 114 cm³/mol. The molecule has 0 atom stereocenters. The maximum atomic E-state index is 12.9. The van der Waals surface area contributed by atoms with Gasteiger partial charge in [0.15, 0.2) is 0 Å². The molecule has 1 aliphatic rings. The van der Waals surface area contributed by atoms with Crippen LogP contribution in [0.1, 0.15) is 37.3 Å². The van der Waals surface area contributed by atoms with Crippen LogP contribution in [0.3, 0.4) is 0 Å². The van der Waals surface area contributed by atoms with Crippen molar-refractivity contribution in [3.63, 3.8) is 0 Å². The van der Waals surface area contributed by atoms with Crippen molar-refractivity contribution < 1.29 is 4.79 Å². The number of benzene rings is 1. The predicted octanol–water partition coefficient (Wildman–Crippen LogP) is 3.43. The summed E-state index contributed by atoms with van der Waals surface area (Å²) in [7, 11) is 0. The summed E-state index contributed by atoms with van der Waals surface area (Å²) < 4.78 is 3.24. The molecule has 6 heteroatoms. The topological polar surface area (TPSA) is 59.6 Å². The largest absolute Gasteiger partial charge is 0.343 e. The Balaban J connectivity index is 1.52. The second-order valence-corrected chi connectivity index (χ2v) is 8.27. The molecule has 0 radical (unpaired) electrons. The van der Waals surface area contributed by atoms with Gasteiger partial charge in [-0.25, -0.2) is 4.52 Å². The smallest absolute Gasteiger partial charge is 0.276 e. The minimum absolute atomic E-state index is 0.116. The number of hydrogen-bond acceptors (Lipinski definition) is 3. The summed E-state index contributed by atoms with van der Waals surface area (Å²) in [5, 5.41) is 4.56. The maximum Gasteiger partial charge on any atom is 0.276 e. The molecule has 1 aliphatic heterocycles. The fraction of sp³-hybridized carbons (Fsp3) is 0.435. The fourth-order valence-corrected chi connectivity index (χ4v) is 3.88. The number of aryl methyl sites for hydroxylation is 3. The number of carbonyl (C=O) groups is 1. The number of carbonyl (C=O) groups excluding carboxylic acids is 1. The normalized spacial score (nSPS) is 15.2. The van der Waals surface area contributed by atoms with Crippen LogP contribution in [0, 0.1) is 19.8 Å². The third-order valence-corrected chi connectivity index (χ3v) is 6.11. The van der Waals surface area contributed by atoms with E-state index in [9.17, 15) is 9.59 Å². The van der Waals surface area contributed by atoms with Gasteiger partial charge in [0, 0.05) is 44.0 Å². The summed E-state index contributed by atoms with van der Waals surface area (Å²) in [6.45, 7) is 8.43. The van der Waals surface area contributed by atoms with Crippen LogP contribution in [-0.2, 0) is 11.3 Å². The van der Waals surface area contributed by atoms with Crippen LogP contribution in [-0.4, -0.2) is 38.1 Å². The van der Waals surface area contributed by atoms with Crippen LogP contribution in [0.4, 0.5) is 0 Å². The molecule has 0 aliphatic carbocycles. The Morgan fingerprint density at radius 3 is 2.59 bits per heavy atom. The van der Waals surface area contributed by atoms with E-state index in [2.05, 4.69) is 38.0 Å². The first kappa shape index (κ1) is 19.4. The van der Waals surface area contributed by atoms with E-state index in [4.69, 9.17) is 0 Å². The van der Waals surface area contributed by atoms with Gasteiger partial charge >= 0.3 is 0 Å². The van der Waals surface area contributed by atoms with Crippen molar-refractivity contribution >= 4 is 11.4 Å². The Morgan fingerprint density at radius 1 is 1.10 bits per heavy atom. The van der Waals surface area contributed by atoms with Crippen LogP contribution >= 0.6 is 0 Å². The van der Waals surface area contributed by atoms with Gasteiger partial charge in [0.2, 0.25) is 5.91 Å². The maximum absolute atomic E-state index is 12.9. The van der Waals surface area contributed by atoms with Gasteiger partial charge in [-0.1, -0.05) is 19.1 Å². The molecule has 4 rings (SSSR count). The summed E-state index contributed by atoms with van der Waals surface area (Å²) in [5.74, 6) is 0.824. The third kappa shape index (κ3) is 3.97. The van der Waals surface area contributed by atoms with Gasteiger partial charge in [-0.15, -0.1) is 0 Å². The lowest BCUT2D eigenvalue weighted by Crippen LogP contribution is -2.38. The Labute approximate surface area is 170 Å². The number of amides is 1. The summed E-state index contributed by atoms with van der Waals surface area (Å²) in [4.78, 5) is 27.3. The summed E-state index contributed by atoms with van der Waals surface area (Å²) in [6.07, 6.45) is 5.98. The van der Waals surface area contributed by atoms with E-state index in [1.165, 1.54) is 11.1 Å². The van der Waals surface area contributed by atoms with Crippen LogP contribution in [0.25, 0.3) is 16.8 Å². The number of likely N-dealkylation sites (tertiary alicyclic amines) is 1. The van der Waals surface area contributed by atoms with Crippen molar-refractivity contribution in [1.29, 1.82) is 0 Å². The highest BCUT2D eigenvalue weighted by molar-refractivity contribution is 5.76. The van der Waals surface area contributed by atoms with Crippen molar-refractivity contribution in [1.82, 2.24) is 19.1 Å². The van der Waals surface area contributed by atoms with Crippen molar-refractivity contribution in [3.8, 4) is 11.3 Å². The zero-order chi connectivity index (χ0) is 20.5. The first-order valence-electron chi connectivity index (χ1n) is 10.4. The molecule has 1 aromatic carbocycles. The Bertz CT molecular complexity index is 1100. The van der Waals surface area contributed by atoms with Gasteiger partial charge in [-0.05, 0) is 55.9 Å². The molecular formula is C23H28N4O2. The second kappa shape index (κ2) is 7.85. The van der Waals surface area contributed by atoms with E-state index in [1.54, 1.807) is 21.5 Å². The van der Waals surface area contributed by atoms with E-state index >= 15 is 0 Å². The lowest BCUT2D eigenvalue weighted by atomic mass is 9.99. The minimum Gasteiger partial charge on any atom is -0.343 e. The molecule has 0 saturated carbocycles. The SMILES string of the molecule is Cc1ccc(-c2cc3c(=O)n(CCC(=O)N4CCC(C)CC4)ccn3n2)cc1C. The Hall–Kier alpha value is -2.89. The monoisotopic (exact) mass is 392 g/mol. The number of nitrogens with zero attached hydrogens (tertiary/aromatic N) is 4. The second-order valence-electron chi connectivity index (χ2n) is 8.27. The number of fused-ring (bicyclic) bond motifs is 1. The first-order valence-corrected chi connectivity index (χ1v) is 10.4. The number of aromatic nitrogens is 3. The number of hydrogen-bond donors (Lipinski definition) is 0. The van der Waals surface area contributed by atoms with Crippen LogP contribution in [0.15, 0.2) is 41.5 Å². The summed E-state index contributed by atoms with van der Waals surface area (Å²) in [5.41, 5.74) is 4.61.